The molecule has 0 saturated carbocycles. The lowest BCUT2D eigenvalue weighted by Gasteiger charge is -2.12. The zero-order chi connectivity index (χ0) is 12.7. The number of rotatable bonds is 7. The zero-order valence-electron chi connectivity index (χ0n) is 10.5. The number of benzene rings is 1. The molecule has 0 aromatic heterocycles. The van der Waals surface area contributed by atoms with Crippen molar-refractivity contribution >= 4 is 9.84 Å². The third-order valence-corrected chi connectivity index (χ3v) is 4.27. The maximum atomic E-state index is 11.9. The smallest absolute Gasteiger partial charge is 0.154 e. The van der Waals surface area contributed by atoms with E-state index in [4.69, 9.17) is 0 Å². The molecular weight excluding hydrogens is 234 g/mol. The molecule has 96 valence electrons. The van der Waals surface area contributed by atoms with Crippen LogP contribution in [0, 0.1) is 0 Å². The number of hydrogen-bond donors (Lipinski definition) is 1. The standard InChI is InChI=1S/C13H21NO2S/c1-3-14-12(2)9-10-17(15,16)11-13-7-5-4-6-8-13/h4-8,12,14H,3,9-11H2,1-2H3. The van der Waals surface area contributed by atoms with E-state index in [2.05, 4.69) is 5.32 Å². The van der Waals surface area contributed by atoms with Crippen molar-refractivity contribution in [3.8, 4) is 0 Å². The van der Waals surface area contributed by atoms with Crippen molar-refractivity contribution in [3.05, 3.63) is 35.9 Å². The maximum absolute atomic E-state index is 11.9. The summed E-state index contributed by atoms with van der Waals surface area (Å²) in [6.07, 6.45) is 0.670. The maximum Gasteiger partial charge on any atom is 0.154 e. The van der Waals surface area contributed by atoms with Crippen LogP contribution in [-0.2, 0) is 15.6 Å². The minimum atomic E-state index is -2.99. The molecule has 0 fully saturated rings. The lowest BCUT2D eigenvalue weighted by molar-refractivity contribution is 0.541. The summed E-state index contributed by atoms with van der Waals surface area (Å²) in [5.74, 6) is 0.392. The van der Waals surface area contributed by atoms with Crippen molar-refractivity contribution in [3.63, 3.8) is 0 Å². The van der Waals surface area contributed by atoms with Gasteiger partial charge in [-0.3, -0.25) is 0 Å². The van der Waals surface area contributed by atoms with Crippen molar-refractivity contribution < 1.29 is 8.42 Å². The van der Waals surface area contributed by atoms with Crippen LogP contribution in [0.15, 0.2) is 30.3 Å². The van der Waals surface area contributed by atoms with Crippen LogP contribution in [0.3, 0.4) is 0 Å². The van der Waals surface area contributed by atoms with Gasteiger partial charge in [-0.05, 0) is 25.5 Å². The third-order valence-electron chi connectivity index (χ3n) is 2.64. The van der Waals surface area contributed by atoms with Crippen molar-refractivity contribution in [1.82, 2.24) is 5.32 Å². The van der Waals surface area contributed by atoms with E-state index in [9.17, 15) is 8.42 Å². The van der Waals surface area contributed by atoms with Gasteiger partial charge in [-0.15, -0.1) is 0 Å². The second kappa shape index (κ2) is 6.77. The highest BCUT2D eigenvalue weighted by atomic mass is 32.2. The Hall–Kier alpha value is -0.870. The van der Waals surface area contributed by atoms with Crippen LogP contribution in [0.2, 0.25) is 0 Å². The molecule has 1 aromatic rings. The molecule has 0 saturated heterocycles. The molecule has 4 heteroatoms. The summed E-state index contributed by atoms with van der Waals surface area (Å²) in [6.45, 7) is 4.91. The van der Waals surface area contributed by atoms with Gasteiger partial charge >= 0.3 is 0 Å². The van der Waals surface area contributed by atoms with Crippen LogP contribution >= 0.6 is 0 Å². The molecule has 0 aliphatic heterocycles. The van der Waals surface area contributed by atoms with Crippen LogP contribution in [-0.4, -0.2) is 26.8 Å². The van der Waals surface area contributed by atoms with Crippen LogP contribution in [0.25, 0.3) is 0 Å². The first kappa shape index (κ1) is 14.2. The Morgan fingerprint density at radius 2 is 1.88 bits per heavy atom. The SMILES string of the molecule is CCNC(C)CCS(=O)(=O)Cc1ccccc1. The molecule has 17 heavy (non-hydrogen) atoms. The van der Waals surface area contributed by atoms with Gasteiger partial charge in [-0.1, -0.05) is 37.3 Å². The molecule has 0 spiro atoms. The molecule has 0 radical (unpaired) electrons. The van der Waals surface area contributed by atoms with Gasteiger partial charge in [0, 0.05) is 6.04 Å². The van der Waals surface area contributed by atoms with E-state index in [1.54, 1.807) is 0 Å². The Bertz CT molecular complexity index is 414. The molecule has 0 heterocycles. The van der Waals surface area contributed by atoms with E-state index in [0.717, 1.165) is 12.1 Å². The molecule has 1 atom stereocenters. The Kier molecular flexibility index (Phi) is 5.65. The molecule has 1 unspecified atom stereocenters. The van der Waals surface area contributed by atoms with Gasteiger partial charge in [0.15, 0.2) is 9.84 Å². The molecule has 0 aliphatic rings. The second-order valence-corrected chi connectivity index (χ2v) is 6.51. The first-order valence-electron chi connectivity index (χ1n) is 6.01. The van der Waals surface area contributed by atoms with E-state index < -0.39 is 9.84 Å². The summed E-state index contributed by atoms with van der Waals surface area (Å²) >= 11 is 0. The number of hydrogen-bond acceptors (Lipinski definition) is 3. The van der Waals surface area contributed by atoms with Gasteiger partial charge in [-0.25, -0.2) is 8.42 Å². The van der Waals surface area contributed by atoms with E-state index in [-0.39, 0.29) is 17.5 Å². The normalized spacial score (nSPS) is 13.5. The van der Waals surface area contributed by atoms with E-state index in [0.29, 0.717) is 6.42 Å². The zero-order valence-corrected chi connectivity index (χ0v) is 11.3. The predicted octanol–water partition coefficient (Wildman–Crippen LogP) is 1.99. The lowest BCUT2D eigenvalue weighted by Crippen LogP contribution is -2.28. The average molecular weight is 255 g/mol. The molecule has 1 aromatic carbocycles. The monoisotopic (exact) mass is 255 g/mol. The summed E-state index contributed by atoms with van der Waals surface area (Å²) in [5, 5.41) is 3.22. The Labute approximate surface area is 104 Å². The quantitative estimate of drug-likeness (QED) is 0.810. The molecule has 0 amide bonds. The van der Waals surface area contributed by atoms with Gasteiger partial charge < -0.3 is 5.32 Å². The lowest BCUT2D eigenvalue weighted by atomic mass is 10.2. The number of nitrogens with one attached hydrogen (secondary N) is 1. The fraction of sp³-hybridized carbons (Fsp3) is 0.538. The fourth-order valence-corrected chi connectivity index (χ4v) is 3.26. The third kappa shape index (κ3) is 5.84. The highest BCUT2D eigenvalue weighted by Crippen LogP contribution is 2.08. The van der Waals surface area contributed by atoms with Crippen LogP contribution < -0.4 is 5.32 Å². The second-order valence-electron chi connectivity index (χ2n) is 4.33. The highest BCUT2D eigenvalue weighted by molar-refractivity contribution is 7.90. The van der Waals surface area contributed by atoms with E-state index in [1.807, 2.05) is 44.2 Å². The molecule has 0 bridgehead atoms. The Morgan fingerprint density at radius 3 is 2.47 bits per heavy atom. The summed E-state index contributed by atoms with van der Waals surface area (Å²) in [5.41, 5.74) is 0.864. The summed E-state index contributed by atoms with van der Waals surface area (Å²) in [7, 11) is -2.99. The van der Waals surface area contributed by atoms with E-state index >= 15 is 0 Å². The number of sulfone groups is 1. The Morgan fingerprint density at radius 1 is 1.24 bits per heavy atom. The minimum absolute atomic E-state index is 0.146. The van der Waals surface area contributed by atoms with Gasteiger partial charge in [0.2, 0.25) is 0 Å². The highest BCUT2D eigenvalue weighted by Gasteiger charge is 2.13. The largest absolute Gasteiger partial charge is 0.314 e. The molecule has 3 nitrogen and oxygen atoms in total. The van der Waals surface area contributed by atoms with Crippen molar-refractivity contribution in [2.24, 2.45) is 0 Å². The molecule has 0 aliphatic carbocycles. The topological polar surface area (TPSA) is 46.2 Å². The van der Waals surface area contributed by atoms with Gasteiger partial charge in [-0.2, -0.15) is 0 Å². The predicted molar refractivity (Wildman–Crippen MR) is 71.7 cm³/mol. The molecule has 1 N–H and O–H groups in total. The minimum Gasteiger partial charge on any atom is -0.314 e. The van der Waals surface area contributed by atoms with Crippen molar-refractivity contribution in [1.29, 1.82) is 0 Å². The summed E-state index contributed by atoms with van der Waals surface area (Å²) < 4.78 is 23.8. The average Bonchev–Trinajstić information content (AvgIpc) is 2.28. The summed E-state index contributed by atoms with van der Waals surface area (Å²) in [6, 6.07) is 9.59. The van der Waals surface area contributed by atoms with Crippen molar-refractivity contribution in [2.75, 3.05) is 12.3 Å². The summed E-state index contributed by atoms with van der Waals surface area (Å²) in [4.78, 5) is 0. The van der Waals surface area contributed by atoms with Gasteiger partial charge in [0.05, 0.1) is 11.5 Å². The van der Waals surface area contributed by atoms with Crippen LogP contribution in [0.4, 0.5) is 0 Å². The first-order valence-corrected chi connectivity index (χ1v) is 7.83. The van der Waals surface area contributed by atoms with Gasteiger partial charge in [0.25, 0.3) is 0 Å². The van der Waals surface area contributed by atoms with E-state index in [1.165, 1.54) is 0 Å². The van der Waals surface area contributed by atoms with Crippen molar-refractivity contribution in [2.45, 2.75) is 32.1 Å². The van der Waals surface area contributed by atoms with Gasteiger partial charge in [0.1, 0.15) is 0 Å². The molecule has 1 rings (SSSR count). The fourth-order valence-electron chi connectivity index (χ4n) is 1.71. The Balaban J connectivity index is 2.47. The van der Waals surface area contributed by atoms with Crippen LogP contribution in [0.5, 0.6) is 0 Å². The first-order chi connectivity index (χ1) is 8.03. The van der Waals surface area contributed by atoms with Crippen LogP contribution in [0.1, 0.15) is 25.8 Å². The molecular formula is C13H21NO2S.